The summed E-state index contributed by atoms with van der Waals surface area (Å²) in [5.41, 5.74) is 17.5. The number of nitrogens with one attached hydrogen (secondary N) is 1. The van der Waals surface area contributed by atoms with Crippen LogP contribution in [-0.2, 0) is 10.8 Å². The van der Waals surface area contributed by atoms with E-state index in [1.807, 2.05) is 36.4 Å². The highest BCUT2D eigenvalue weighted by Gasteiger charge is 2.40. The van der Waals surface area contributed by atoms with Crippen LogP contribution in [0.4, 0.5) is 17.1 Å². The van der Waals surface area contributed by atoms with Gasteiger partial charge in [-0.1, -0.05) is 205 Å². The van der Waals surface area contributed by atoms with Gasteiger partial charge in [0.25, 0.3) is 0 Å². The minimum Gasteiger partial charge on any atom is -0.405 e. The van der Waals surface area contributed by atoms with Crippen molar-refractivity contribution in [2.24, 2.45) is 0 Å². The summed E-state index contributed by atoms with van der Waals surface area (Å²) in [5.74, 6) is 1.89. The van der Waals surface area contributed by atoms with E-state index >= 15 is 0 Å². The van der Waals surface area contributed by atoms with Gasteiger partial charge in [0, 0.05) is 50.4 Å². The summed E-state index contributed by atoms with van der Waals surface area (Å²) in [6.07, 6.45) is 7.12. The predicted octanol–water partition coefficient (Wildman–Crippen LogP) is 15.3. The van der Waals surface area contributed by atoms with Gasteiger partial charge < -0.3 is 10.0 Å². The fourth-order valence-corrected chi connectivity index (χ4v) is 10.5. The molecule has 2 aromatic heterocycles. The van der Waals surface area contributed by atoms with Crippen LogP contribution >= 0.6 is 0 Å². The van der Waals surface area contributed by atoms with E-state index in [1.165, 1.54) is 44.5 Å². The number of nitrogens with zero attached hydrogens (tertiary/aromatic N) is 5. The second-order valence-electron chi connectivity index (χ2n) is 21.0. The predicted molar refractivity (Wildman–Crippen MR) is 298 cm³/mol. The minimum absolute atomic E-state index is 0.0398. The molecule has 2 aliphatic rings. The second kappa shape index (κ2) is 17.3. The van der Waals surface area contributed by atoms with Gasteiger partial charge in [-0.3, -0.25) is 4.57 Å². The van der Waals surface area contributed by atoms with E-state index in [2.05, 4.69) is 232 Å². The fraction of sp³-hybridized carbons (Fsp3) is 0.141. The van der Waals surface area contributed by atoms with Crippen molar-refractivity contribution in [3.8, 4) is 39.9 Å². The quantitative estimate of drug-likeness (QED) is 0.154. The van der Waals surface area contributed by atoms with E-state index < -0.39 is 0 Å². The summed E-state index contributed by atoms with van der Waals surface area (Å²) in [4.78, 5) is 17.8. The Bertz CT molecular complexity index is 3630. The van der Waals surface area contributed by atoms with Gasteiger partial charge in [-0.2, -0.15) is 9.97 Å². The summed E-state index contributed by atoms with van der Waals surface area (Å²) in [5, 5.41) is 6.38. The van der Waals surface area contributed by atoms with Crippen molar-refractivity contribution in [1.82, 2.24) is 19.5 Å². The molecule has 0 radical (unpaired) electrons. The SMILES string of the molecule is CC(C)(C)c1ccc(NB2c3c(cccc3C3C=CC(c4ccc5c(c4)c4ccccc4n5-c4nc(-c5ccccc5)nc(-c5ccccc5)n4)=C3)-c3ccccc3N2c2ccc(C(C)(C)C)cc2)cc1. The number of para-hydroxylation sites is 2. The summed E-state index contributed by atoms with van der Waals surface area (Å²) in [6, 6.07) is 69.7. The molecule has 10 aromatic rings. The molecule has 0 spiro atoms. The second-order valence-corrected chi connectivity index (χ2v) is 21.0. The van der Waals surface area contributed by atoms with Crippen molar-refractivity contribution < 1.29 is 0 Å². The maximum atomic E-state index is 5.16. The van der Waals surface area contributed by atoms with Crippen LogP contribution in [0.25, 0.3) is 67.2 Å². The maximum Gasteiger partial charge on any atom is 0.414 e. The van der Waals surface area contributed by atoms with Crippen LogP contribution in [0.2, 0.25) is 0 Å². The van der Waals surface area contributed by atoms with Gasteiger partial charge in [0.1, 0.15) is 0 Å². The molecule has 1 unspecified atom stereocenters. The molecule has 0 fully saturated rings. The van der Waals surface area contributed by atoms with E-state index in [-0.39, 0.29) is 23.7 Å². The van der Waals surface area contributed by atoms with Gasteiger partial charge in [0.15, 0.2) is 11.6 Å². The van der Waals surface area contributed by atoms with Crippen LogP contribution in [-0.4, -0.2) is 26.5 Å². The van der Waals surface area contributed by atoms with Gasteiger partial charge in [0.05, 0.1) is 11.0 Å². The highest BCUT2D eigenvalue weighted by atomic mass is 15.2. The first-order chi connectivity index (χ1) is 34.5. The van der Waals surface area contributed by atoms with Crippen LogP contribution in [0.1, 0.15) is 69.7 Å². The zero-order chi connectivity index (χ0) is 48.4. The molecule has 8 aromatic carbocycles. The lowest BCUT2D eigenvalue weighted by Gasteiger charge is -2.40. The first-order valence-corrected chi connectivity index (χ1v) is 24.8. The van der Waals surface area contributed by atoms with Crippen molar-refractivity contribution in [1.29, 1.82) is 0 Å². The standard InChI is InChI=1S/C64H55BN6/c1-63(2,3)47-31-35-49(36-32-47)69-65-59-51(24-17-25-54(59)52-22-14-16-27-58(52)71(65)50-37-33-48(34-38-50)64(4,5)6)46-29-28-44(40-46)45-30-39-57-55(41-45)53-23-13-15-26-56(53)70(57)62-67-60(42-18-9-7-10-19-42)66-61(68-62)43-20-11-8-12-21-43/h7-41,46,69H,1-6H3. The zero-order valence-corrected chi connectivity index (χ0v) is 41.1. The van der Waals surface area contributed by atoms with Crippen molar-refractivity contribution in [2.75, 3.05) is 10.0 Å². The Balaban J connectivity index is 0.971. The number of fused-ring (bicyclic) bond motifs is 6. The number of hydrogen-bond acceptors (Lipinski definition) is 5. The number of rotatable bonds is 8. The molecule has 1 aliphatic heterocycles. The lowest BCUT2D eigenvalue weighted by atomic mass is 9.57. The zero-order valence-electron chi connectivity index (χ0n) is 41.1. The largest absolute Gasteiger partial charge is 0.414 e. The molecular formula is C64H55BN6. The van der Waals surface area contributed by atoms with Gasteiger partial charge in [-0.05, 0) is 98.2 Å². The van der Waals surface area contributed by atoms with Crippen LogP contribution in [0, 0.1) is 0 Å². The fourth-order valence-electron chi connectivity index (χ4n) is 10.5. The highest BCUT2D eigenvalue weighted by molar-refractivity contribution is 6.83. The lowest BCUT2D eigenvalue weighted by Crippen LogP contribution is -2.56. The first kappa shape index (κ1) is 44.0. The van der Waals surface area contributed by atoms with E-state index in [0.29, 0.717) is 17.6 Å². The third-order valence-corrected chi connectivity index (χ3v) is 14.3. The molecule has 12 rings (SSSR count). The van der Waals surface area contributed by atoms with Crippen LogP contribution in [0.3, 0.4) is 0 Å². The molecule has 0 amide bonds. The Labute approximate surface area is 417 Å². The van der Waals surface area contributed by atoms with Crippen molar-refractivity contribution in [2.45, 2.75) is 58.3 Å². The van der Waals surface area contributed by atoms with Gasteiger partial charge in [-0.15, -0.1) is 0 Å². The van der Waals surface area contributed by atoms with Gasteiger partial charge >= 0.3 is 6.98 Å². The van der Waals surface area contributed by atoms with Crippen molar-refractivity contribution in [3.63, 3.8) is 0 Å². The number of benzene rings is 8. The summed E-state index contributed by atoms with van der Waals surface area (Å²) >= 11 is 0. The average molecular weight is 919 g/mol. The molecule has 0 bridgehead atoms. The third kappa shape index (κ3) is 8.01. The summed E-state index contributed by atoms with van der Waals surface area (Å²) in [6.45, 7) is 13.4. The third-order valence-electron chi connectivity index (χ3n) is 14.3. The normalized spacial score (nSPS) is 14.5. The Morgan fingerprint density at radius 3 is 1.77 bits per heavy atom. The summed E-state index contributed by atoms with van der Waals surface area (Å²) in [7, 11) is 0. The Morgan fingerprint density at radius 2 is 1.10 bits per heavy atom. The van der Waals surface area contributed by atoms with E-state index in [9.17, 15) is 0 Å². The molecule has 1 aliphatic carbocycles. The number of aromatic nitrogens is 4. The molecule has 6 nitrogen and oxygen atoms in total. The first-order valence-electron chi connectivity index (χ1n) is 24.8. The monoisotopic (exact) mass is 918 g/mol. The molecule has 1 N–H and O–H groups in total. The van der Waals surface area contributed by atoms with Crippen molar-refractivity contribution >= 4 is 56.9 Å². The molecule has 0 saturated heterocycles. The maximum absolute atomic E-state index is 5.16. The molecule has 7 heteroatoms. The number of allylic oxidation sites excluding steroid dienone is 4. The van der Waals surface area contributed by atoms with E-state index in [4.69, 9.17) is 15.0 Å². The van der Waals surface area contributed by atoms with Crippen molar-refractivity contribution in [3.05, 3.63) is 235 Å². The molecule has 71 heavy (non-hydrogen) atoms. The van der Waals surface area contributed by atoms with Crippen LogP contribution in [0.5, 0.6) is 0 Å². The summed E-state index contributed by atoms with van der Waals surface area (Å²) < 4.78 is 2.19. The Hall–Kier alpha value is -8.29. The minimum atomic E-state index is -0.203. The number of anilines is 3. The smallest absolute Gasteiger partial charge is 0.405 e. The number of hydrogen-bond donors (Lipinski definition) is 1. The Kier molecular flexibility index (Phi) is 10.7. The molecule has 1 atom stereocenters. The van der Waals surface area contributed by atoms with Crippen LogP contribution in [0.15, 0.2) is 212 Å². The molecule has 344 valence electrons. The van der Waals surface area contributed by atoms with Gasteiger partial charge in [-0.25, -0.2) is 4.98 Å². The highest BCUT2D eigenvalue weighted by Crippen LogP contribution is 2.44. The average Bonchev–Trinajstić information content (AvgIpc) is 4.02. The van der Waals surface area contributed by atoms with Gasteiger partial charge in [0.2, 0.25) is 5.95 Å². The Morgan fingerprint density at radius 1 is 0.507 bits per heavy atom. The van der Waals surface area contributed by atoms with E-state index in [0.717, 1.165) is 49.9 Å². The molecule has 3 heterocycles. The lowest BCUT2D eigenvalue weighted by molar-refractivity contribution is 0.590. The molecule has 0 saturated carbocycles. The topological polar surface area (TPSA) is 58.9 Å². The van der Waals surface area contributed by atoms with Crippen LogP contribution < -0.4 is 15.5 Å². The molecular weight excluding hydrogens is 864 g/mol. The van der Waals surface area contributed by atoms with E-state index in [1.54, 1.807) is 0 Å².